The molecule has 3 heterocycles. The minimum absolute atomic E-state index is 0.399. The summed E-state index contributed by atoms with van der Waals surface area (Å²) in [4.78, 5) is 15.3. The molecule has 0 saturated heterocycles. The lowest BCUT2D eigenvalue weighted by molar-refractivity contribution is -0.128. The Hall–Kier alpha value is -2.13. The molecule has 4 rings (SSSR count). The van der Waals surface area contributed by atoms with Crippen LogP contribution in [0.4, 0.5) is 0 Å². The van der Waals surface area contributed by atoms with Crippen LogP contribution in [-0.4, -0.2) is 28.4 Å². The van der Waals surface area contributed by atoms with Crippen LogP contribution in [0.5, 0.6) is 0 Å². The summed E-state index contributed by atoms with van der Waals surface area (Å²) < 4.78 is 14.1. The summed E-state index contributed by atoms with van der Waals surface area (Å²) in [7, 11) is 0. The normalized spacial score (nSPS) is 11.3. The number of thiophene rings is 2. The predicted molar refractivity (Wildman–Crippen MR) is 122 cm³/mol. The molecule has 0 spiro atoms. The molecule has 150 valence electrons. The van der Waals surface area contributed by atoms with E-state index in [0.717, 1.165) is 35.0 Å². The van der Waals surface area contributed by atoms with E-state index in [9.17, 15) is 4.79 Å². The van der Waals surface area contributed by atoms with Crippen LogP contribution in [-0.2, 0) is 22.4 Å². The second-order valence-corrected chi connectivity index (χ2v) is 9.80. The van der Waals surface area contributed by atoms with E-state index >= 15 is 0 Å². The van der Waals surface area contributed by atoms with Gasteiger partial charge in [0.15, 0.2) is 0 Å². The van der Waals surface area contributed by atoms with E-state index in [0.29, 0.717) is 19.6 Å². The third-order valence-corrected chi connectivity index (χ3v) is 7.74. The second kappa shape index (κ2) is 8.71. The van der Waals surface area contributed by atoms with E-state index in [-0.39, 0.29) is 0 Å². The smallest absolute Gasteiger partial charge is 0.293 e. The van der Waals surface area contributed by atoms with E-state index < -0.39 is 0 Å². The zero-order chi connectivity index (χ0) is 20.4. The number of rotatable bonds is 8. The van der Waals surface area contributed by atoms with Crippen molar-refractivity contribution in [2.45, 2.75) is 26.7 Å². The average Bonchev–Trinajstić information content (AvgIpc) is 3.42. The predicted octanol–water partition coefficient (Wildman–Crippen LogP) is 4.98. The summed E-state index contributed by atoms with van der Waals surface area (Å²) in [6.07, 6.45) is 1.61. The minimum atomic E-state index is 0.399. The molecule has 0 unspecified atom stereocenters. The maximum Gasteiger partial charge on any atom is 0.293 e. The molecule has 0 fully saturated rings. The lowest BCUT2D eigenvalue weighted by Gasteiger charge is -2.03. The Bertz CT molecular complexity index is 1160. The van der Waals surface area contributed by atoms with Crippen LogP contribution in [0.25, 0.3) is 31.9 Å². The molecule has 0 saturated carbocycles. The Kier molecular flexibility index (Phi) is 6.05. The van der Waals surface area contributed by atoms with Gasteiger partial charge >= 0.3 is 0 Å². The number of benzene rings is 1. The van der Waals surface area contributed by atoms with Crippen LogP contribution in [0.1, 0.15) is 20.9 Å². The van der Waals surface area contributed by atoms with Gasteiger partial charge in [-0.1, -0.05) is 12.1 Å². The molecule has 5 nitrogen and oxygen atoms in total. The molecule has 2 N–H and O–H groups in total. The van der Waals surface area contributed by atoms with E-state index in [2.05, 4.69) is 46.9 Å². The van der Waals surface area contributed by atoms with E-state index in [1.807, 2.05) is 0 Å². The number of ether oxygens (including phenoxy) is 1. The van der Waals surface area contributed by atoms with Crippen LogP contribution in [0.15, 0.2) is 24.3 Å². The number of hydrogen-bond donors (Lipinski definition) is 1. The highest BCUT2D eigenvalue weighted by Crippen LogP contribution is 2.40. The van der Waals surface area contributed by atoms with Crippen molar-refractivity contribution in [3.8, 4) is 20.9 Å². The Morgan fingerprint density at radius 2 is 1.52 bits per heavy atom. The van der Waals surface area contributed by atoms with Crippen molar-refractivity contribution in [2.75, 3.05) is 13.2 Å². The van der Waals surface area contributed by atoms with Gasteiger partial charge in [-0.15, -0.1) is 22.7 Å². The number of nitrogens with two attached hydrogens (primary N) is 1. The van der Waals surface area contributed by atoms with E-state index in [4.69, 9.17) is 10.5 Å². The third-order valence-electron chi connectivity index (χ3n) is 4.96. The first-order chi connectivity index (χ1) is 14.1. The second-order valence-electron chi connectivity index (χ2n) is 6.76. The molecule has 0 aliphatic heterocycles. The molecule has 0 radical (unpaired) electrons. The van der Waals surface area contributed by atoms with Crippen molar-refractivity contribution in [1.82, 2.24) is 8.75 Å². The molecule has 3 aromatic heterocycles. The highest BCUT2D eigenvalue weighted by molar-refractivity contribution is 7.16. The van der Waals surface area contributed by atoms with Gasteiger partial charge in [0.1, 0.15) is 11.0 Å². The largest absolute Gasteiger partial charge is 0.468 e. The number of carbonyl (C=O) groups excluding carboxylic acids is 1. The number of hydrogen-bond acceptors (Lipinski definition) is 8. The molecule has 0 atom stereocenters. The molecule has 0 aliphatic rings. The Labute approximate surface area is 181 Å². The monoisotopic (exact) mass is 443 g/mol. The maximum atomic E-state index is 10.4. The summed E-state index contributed by atoms with van der Waals surface area (Å²) in [6.45, 7) is 5.80. The number of carbonyl (C=O) groups is 1. The summed E-state index contributed by atoms with van der Waals surface area (Å²) in [5.41, 5.74) is 12.4. The Balaban J connectivity index is 1.73. The Morgan fingerprint density at radius 3 is 2.03 bits per heavy atom. The van der Waals surface area contributed by atoms with Gasteiger partial charge in [0.05, 0.1) is 18.3 Å². The zero-order valence-electron chi connectivity index (χ0n) is 16.2. The zero-order valence-corrected chi connectivity index (χ0v) is 18.7. The summed E-state index contributed by atoms with van der Waals surface area (Å²) in [5.74, 6) is 0. The molecular formula is C21H21N3O2S3. The number of aromatic nitrogens is 2. The standard InChI is InChI=1S/C21H21N3O2S3/c1-12-14(5-7-22)9-18(27-12)16-3-4-17(21-20(16)23-29-24-21)19-10-15(13(2)28-19)6-8-26-11-25/h3-4,9-11H,5-8,22H2,1-2H3. The first-order valence-electron chi connectivity index (χ1n) is 9.32. The van der Waals surface area contributed by atoms with Crippen molar-refractivity contribution >= 4 is 51.9 Å². The van der Waals surface area contributed by atoms with Crippen LogP contribution >= 0.6 is 34.4 Å². The van der Waals surface area contributed by atoms with Gasteiger partial charge in [0.25, 0.3) is 6.47 Å². The molecule has 4 aromatic rings. The fourth-order valence-electron chi connectivity index (χ4n) is 3.44. The maximum absolute atomic E-state index is 10.4. The topological polar surface area (TPSA) is 78.1 Å². The van der Waals surface area contributed by atoms with Crippen molar-refractivity contribution in [3.63, 3.8) is 0 Å². The number of fused-ring (bicyclic) bond motifs is 1. The lowest BCUT2D eigenvalue weighted by Crippen LogP contribution is -2.02. The van der Waals surface area contributed by atoms with Crippen molar-refractivity contribution in [2.24, 2.45) is 5.73 Å². The molecule has 0 bridgehead atoms. The molecule has 8 heteroatoms. The first-order valence-corrected chi connectivity index (χ1v) is 11.7. The van der Waals surface area contributed by atoms with Crippen LogP contribution < -0.4 is 5.73 Å². The summed E-state index contributed by atoms with van der Waals surface area (Å²) in [6, 6.07) is 8.71. The van der Waals surface area contributed by atoms with Gasteiger partial charge in [-0.05, 0) is 50.1 Å². The summed E-state index contributed by atoms with van der Waals surface area (Å²) in [5, 5.41) is 0. The van der Waals surface area contributed by atoms with Crippen LogP contribution in [0, 0.1) is 13.8 Å². The van der Waals surface area contributed by atoms with Gasteiger partial charge in [0.2, 0.25) is 0 Å². The van der Waals surface area contributed by atoms with Crippen LogP contribution in [0.2, 0.25) is 0 Å². The fraction of sp³-hybridized carbons (Fsp3) is 0.286. The van der Waals surface area contributed by atoms with Gasteiger partial charge in [-0.3, -0.25) is 4.79 Å². The van der Waals surface area contributed by atoms with E-state index in [1.54, 1.807) is 22.7 Å². The lowest BCUT2D eigenvalue weighted by atomic mass is 10.0. The van der Waals surface area contributed by atoms with Crippen molar-refractivity contribution in [3.05, 3.63) is 45.1 Å². The highest BCUT2D eigenvalue weighted by Gasteiger charge is 2.17. The van der Waals surface area contributed by atoms with Crippen LogP contribution in [0.3, 0.4) is 0 Å². The van der Waals surface area contributed by atoms with Crippen molar-refractivity contribution in [1.29, 1.82) is 0 Å². The molecule has 0 aliphatic carbocycles. The molecule has 1 aromatic carbocycles. The summed E-state index contributed by atoms with van der Waals surface area (Å²) >= 11 is 4.78. The molecule has 29 heavy (non-hydrogen) atoms. The molecule has 0 amide bonds. The van der Waals surface area contributed by atoms with Crippen molar-refractivity contribution < 1.29 is 9.53 Å². The fourth-order valence-corrected chi connectivity index (χ4v) is 6.21. The van der Waals surface area contributed by atoms with Gasteiger partial charge in [-0.2, -0.15) is 8.75 Å². The SMILES string of the molecule is Cc1sc(-c2ccc(-c3cc(CCOC=O)c(C)s3)c3nsnc23)cc1CCN. The minimum Gasteiger partial charge on any atom is -0.468 e. The quantitative estimate of drug-likeness (QED) is 0.307. The highest BCUT2D eigenvalue weighted by atomic mass is 32.1. The third kappa shape index (κ3) is 3.98. The number of nitrogens with zero attached hydrogens (tertiary/aromatic N) is 2. The molecular weight excluding hydrogens is 422 g/mol. The van der Waals surface area contributed by atoms with Gasteiger partial charge in [0, 0.05) is 37.1 Å². The van der Waals surface area contributed by atoms with Gasteiger partial charge < -0.3 is 10.5 Å². The Morgan fingerprint density at radius 1 is 0.966 bits per heavy atom. The number of aryl methyl sites for hydroxylation is 2. The average molecular weight is 444 g/mol. The van der Waals surface area contributed by atoms with Gasteiger partial charge in [-0.25, -0.2) is 0 Å². The van der Waals surface area contributed by atoms with E-state index in [1.165, 1.54) is 42.4 Å². The first kappa shape index (κ1) is 20.2.